The average Bonchev–Trinajstić information content (AvgIpc) is 3.31. The zero-order chi connectivity index (χ0) is 18.1. The highest BCUT2D eigenvalue weighted by atomic mass is 19.3. The van der Waals surface area contributed by atoms with Crippen molar-refractivity contribution in [3.05, 3.63) is 47.8 Å². The molecule has 1 N–H and O–H groups in total. The van der Waals surface area contributed by atoms with Gasteiger partial charge in [-0.25, -0.2) is 9.48 Å². The normalized spacial score (nSPS) is 22.0. The van der Waals surface area contributed by atoms with Crippen LogP contribution < -0.4 is 5.32 Å². The summed E-state index contributed by atoms with van der Waals surface area (Å²) in [6.45, 7) is -1.92. The molecule has 1 saturated carbocycles. The number of halogens is 2. The number of amides is 2. The molecule has 1 aromatic heterocycles. The molecule has 2 aliphatic rings. The number of ether oxygens (including phenoxy) is 1. The number of rotatable bonds is 4. The number of para-hydroxylation sites is 1. The molecule has 0 spiro atoms. The van der Waals surface area contributed by atoms with E-state index in [-0.39, 0.29) is 12.1 Å². The lowest BCUT2D eigenvalue weighted by Crippen LogP contribution is -2.46. The molecular formula is C18H20F2N4O2. The number of fused-ring (bicyclic) bond motifs is 1. The van der Waals surface area contributed by atoms with E-state index in [9.17, 15) is 13.6 Å². The van der Waals surface area contributed by atoms with Crippen molar-refractivity contribution < 1.29 is 18.3 Å². The van der Waals surface area contributed by atoms with Crippen molar-refractivity contribution in [3.63, 3.8) is 0 Å². The number of nitrogens with one attached hydrogen (secondary N) is 1. The molecule has 2 aromatic rings. The van der Waals surface area contributed by atoms with E-state index in [1.165, 1.54) is 0 Å². The quantitative estimate of drug-likeness (QED) is 0.909. The van der Waals surface area contributed by atoms with Gasteiger partial charge in [0.1, 0.15) is 0 Å². The van der Waals surface area contributed by atoms with Crippen LogP contribution in [0.4, 0.5) is 13.6 Å². The van der Waals surface area contributed by atoms with Crippen LogP contribution in [0, 0.1) is 0 Å². The molecule has 0 unspecified atom stereocenters. The first-order valence-corrected chi connectivity index (χ1v) is 8.72. The third-order valence-corrected chi connectivity index (χ3v) is 4.98. The Balaban J connectivity index is 1.42. The lowest BCUT2D eigenvalue weighted by Gasteiger charge is -2.24. The van der Waals surface area contributed by atoms with Crippen LogP contribution in [0.5, 0.6) is 0 Å². The number of benzene rings is 1. The Morgan fingerprint density at radius 2 is 2.04 bits per heavy atom. The Kier molecular flexibility index (Phi) is 4.58. The van der Waals surface area contributed by atoms with Gasteiger partial charge in [-0.05, 0) is 31.4 Å². The summed E-state index contributed by atoms with van der Waals surface area (Å²) >= 11 is 0. The first-order valence-electron chi connectivity index (χ1n) is 8.72. The summed E-state index contributed by atoms with van der Waals surface area (Å²) in [5.41, 5.74) is 2.91. The van der Waals surface area contributed by atoms with Crippen molar-refractivity contribution in [1.29, 1.82) is 0 Å². The summed E-state index contributed by atoms with van der Waals surface area (Å²) < 4.78 is 31.4. The smallest absolute Gasteiger partial charge is 0.333 e. The molecule has 8 heteroatoms. The van der Waals surface area contributed by atoms with Crippen molar-refractivity contribution in [2.45, 2.75) is 51.1 Å². The van der Waals surface area contributed by atoms with Crippen molar-refractivity contribution in [3.8, 4) is 5.69 Å². The lowest BCUT2D eigenvalue weighted by molar-refractivity contribution is -0.165. The Labute approximate surface area is 149 Å². The monoisotopic (exact) mass is 362 g/mol. The Bertz CT molecular complexity index is 781. The molecule has 0 saturated heterocycles. The predicted molar refractivity (Wildman–Crippen MR) is 89.9 cm³/mol. The van der Waals surface area contributed by atoms with Gasteiger partial charge < -0.3 is 15.0 Å². The molecule has 138 valence electrons. The molecule has 0 bridgehead atoms. The van der Waals surface area contributed by atoms with Crippen LogP contribution in [0.1, 0.15) is 30.5 Å². The number of aromatic nitrogens is 2. The van der Waals surface area contributed by atoms with Crippen LogP contribution in [0.2, 0.25) is 0 Å². The summed E-state index contributed by atoms with van der Waals surface area (Å²) in [6.07, 6.45) is 3.11. The first-order chi connectivity index (χ1) is 12.6. The number of urea groups is 1. The minimum atomic E-state index is -2.81. The van der Waals surface area contributed by atoms with Crippen molar-refractivity contribution in [2.75, 3.05) is 0 Å². The van der Waals surface area contributed by atoms with Crippen LogP contribution >= 0.6 is 0 Å². The van der Waals surface area contributed by atoms with Crippen LogP contribution in [-0.4, -0.2) is 39.5 Å². The van der Waals surface area contributed by atoms with Crippen LogP contribution in [0.25, 0.3) is 5.69 Å². The molecule has 6 nitrogen and oxygen atoms in total. The molecule has 0 radical (unpaired) electrons. The largest absolute Gasteiger partial charge is 0.345 e. The second-order valence-corrected chi connectivity index (χ2v) is 6.64. The van der Waals surface area contributed by atoms with E-state index in [1.807, 2.05) is 35.0 Å². The maximum absolute atomic E-state index is 12.6. The molecular weight excluding hydrogens is 342 g/mol. The molecule has 26 heavy (non-hydrogen) atoms. The van der Waals surface area contributed by atoms with Gasteiger partial charge in [-0.1, -0.05) is 18.2 Å². The van der Waals surface area contributed by atoms with E-state index in [4.69, 9.17) is 0 Å². The molecule has 1 aromatic carbocycles. The standard InChI is InChI=1S/C18H20F2N4O2/c19-17(20)26-16-8-4-7-14(16)22-18(25)23-10-12-9-21-24(15(12)11-23)13-5-2-1-3-6-13/h1-3,5-6,9,14,16-17H,4,7-8,10-11H2,(H,22,25)/t14-,16-/m1/s1. The van der Waals surface area contributed by atoms with E-state index in [1.54, 1.807) is 11.1 Å². The fraction of sp³-hybridized carbons (Fsp3) is 0.444. The zero-order valence-electron chi connectivity index (χ0n) is 14.1. The minimum absolute atomic E-state index is 0.254. The van der Waals surface area contributed by atoms with Gasteiger partial charge in [-0.2, -0.15) is 13.9 Å². The van der Waals surface area contributed by atoms with Crippen LogP contribution in [-0.2, 0) is 17.8 Å². The number of alkyl halides is 2. The summed E-state index contributed by atoms with van der Waals surface area (Å²) in [7, 11) is 0. The highest BCUT2D eigenvalue weighted by molar-refractivity contribution is 5.75. The number of carbonyl (C=O) groups excluding carboxylic acids is 1. The van der Waals surface area contributed by atoms with Gasteiger partial charge in [0, 0.05) is 5.56 Å². The fourth-order valence-corrected chi connectivity index (χ4v) is 3.72. The van der Waals surface area contributed by atoms with Crippen molar-refractivity contribution in [1.82, 2.24) is 20.0 Å². The summed E-state index contributed by atoms with van der Waals surface area (Å²) in [4.78, 5) is 14.3. The van der Waals surface area contributed by atoms with E-state index in [0.29, 0.717) is 25.9 Å². The Hall–Kier alpha value is -2.48. The van der Waals surface area contributed by atoms with Gasteiger partial charge in [0.25, 0.3) is 0 Å². The van der Waals surface area contributed by atoms with Crippen LogP contribution in [0.15, 0.2) is 36.5 Å². The SMILES string of the molecule is O=C(N[C@@H]1CCC[C@H]1OC(F)F)N1Cc2cnn(-c3ccccc3)c2C1. The van der Waals surface area contributed by atoms with E-state index in [2.05, 4.69) is 15.2 Å². The maximum Gasteiger partial charge on any atom is 0.345 e. The number of carbonyl (C=O) groups is 1. The third kappa shape index (κ3) is 3.29. The van der Waals surface area contributed by atoms with Gasteiger partial charge in [0.05, 0.1) is 42.8 Å². The third-order valence-electron chi connectivity index (χ3n) is 4.98. The Morgan fingerprint density at radius 3 is 2.81 bits per heavy atom. The molecule has 2 heterocycles. The minimum Gasteiger partial charge on any atom is -0.333 e. The molecule has 1 fully saturated rings. The number of hydrogen-bond acceptors (Lipinski definition) is 3. The van der Waals surface area contributed by atoms with E-state index in [0.717, 1.165) is 23.4 Å². The van der Waals surface area contributed by atoms with Gasteiger partial charge in [0.2, 0.25) is 0 Å². The molecule has 1 aliphatic carbocycles. The molecule has 4 rings (SSSR count). The predicted octanol–water partition coefficient (Wildman–Crippen LogP) is 3.06. The lowest BCUT2D eigenvalue weighted by atomic mass is 10.2. The topological polar surface area (TPSA) is 59.4 Å². The summed E-state index contributed by atoms with van der Waals surface area (Å²) in [5, 5.41) is 7.26. The average molecular weight is 362 g/mol. The molecule has 2 atom stereocenters. The molecule has 1 aliphatic heterocycles. The molecule has 2 amide bonds. The van der Waals surface area contributed by atoms with E-state index < -0.39 is 12.7 Å². The first kappa shape index (κ1) is 17.0. The number of hydrogen-bond donors (Lipinski definition) is 1. The highest BCUT2D eigenvalue weighted by Gasteiger charge is 2.34. The van der Waals surface area contributed by atoms with Gasteiger partial charge in [-0.15, -0.1) is 0 Å². The van der Waals surface area contributed by atoms with Crippen LogP contribution in [0.3, 0.4) is 0 Å². The highest BCUT2D eigenvalue weighted by Crippen LogP contribution is 2.27. The Morgan fingerprint density at radius 1 is 1.23 bits per heavy atom. The zero-order valence-corrected chi connectivity index (χ0v) is 14.1. The van der Waals surface area contributed by atoms with Gasteiger partial charge in [0.15, 0.2) is 0 Å². The maximum atomic E-state index is 12.6. The van der Waals surface area contributed by atoms with Crippen molar-refractivity contribution in [2.24, 2.45) is 0 Å². The van der Waals surface area contributed by atoms with E-state index >= 15 is 0 Å². The second-order valence-electron chi connectivity index (χ2n) is 6.64. The van der Waals surface area contributed by atoms with Crippen molar-refractivity contribution >= 4 is 6.03 Å². The van der Waals surface area contributed by atoms with Gasteiger partial charge in [-0.3, -0.25) is 0 Å². The van der Waals surface area contributed by atoms with Gasteiger partial charge >= 0.3 is 12.6 Å². The fourth-order valence-electron chi connectivity index (χ4n) is 3.72. The summed E-state index contributed by atoms with van der Waals surface area (Å²) in [5.74, 6) is 0. The number of nitrogens with zero attached hydrogens (tertiary/aromatic N) is 3. The second kappa shape index (κ2) is 7.03. The summed E-state index contributed by atoms with van der Waals surface area (Å²) in [6, 6.07) is 9.10.